The maximum atomic E-state index is 12.4. The molecule has 0 saturated heterocycles. The van der Waals surface area contributed by atoms with Crippen molar-refractivity contribution < 1.29 is 9.59 Å². The molecule has 146 valence electrons. The minimum absolute atomic E-state index is 0.00729. The standard InChI is InChI=1S/C19H26N4O2S2/c1-5-12(4)26-19-23-22-18(27-19)21-17(25)14-8-10-15(11-9-14)20-16(24)13(6-2)7-3/h8-13H,5-7H2,1-4H3,(H,20,24)(H,21,22,25). The number of carbonyl (C=O) groups is 2. The van der Waals surface area contributed by atoms with Gasteiger partial charge < -0.3 is 5.32 Å². The van der Waals surface area contributed by atoms with Crippen LogP contribution < -0.4 is 10.6 Å². The molecule has 1 atom stereocenters. The van der Waals surface area contributed by atoms with E-state index < -0.39 is 0 Å². The number of aromatic nitrogens is 2. The van der Waals surface area contributed by atoms with Gasteiger partial charge in [-0.05, 0) is 43.5 Å². The molecule has 2 N–H and O–H groups in total. The number of amides is 2. The number of thioether (sulfide) groups is 1. The van der Waals surface area contributed by atoms with Crippen molar-refractivity contribution in [2.75, 3.05) is 10.6 Å². The number of nitrogens with zero attached hydrogens (tertiary/aromatic N) is 2. The van der Waals surface area contributed by atoms with E-state index in [1.807, 2.05) is 13.8 Å². The van der Waals surface area contributed by atoms with Crippen LogP contribution in [-0.4, -0.2) is 27.3 Å². The second-order valence-electron chi connectivity index (χ2n) is 6.24. The number of carbonyl (C=O) groups excluding carboxylic acids is 2. The fourth-order valence-corrected chi connectivity index (χ4v) is 4.33. The molecule has 2 rings (SSSR count). The lowest BCUT2D eigenvalue weighted by Crippen LogP contribution is -2.21. The van der Waals surface area contributed by atoms with Crippen LogP contribution in [0.2, 0.25) is 0 Å². The maximum Gasteiger partial charge on any atom is 0.257 e. The van der Waals surface area contributed by atoms with Crippen LogP contribution in [-0.2, 0) is 4.79 Å². The van der Waals surface area contributed by atoms with Gasteiger partial charge in [-0.1, -0.05) is 50.8 Å². The predicted molar refractivity (Wildman–Crippen MR) is 113 cm³/mol. The largest absolute Gasteiger partial charge is 0.326 e. The van der Waals surface area contributed by atoms with Crippen LogP contribution in [0.1, 0.15) is 57.3 Å². The second-order valence-corrected chi connectivity index (χ2v) is 8.91. The van der Waals surface area contributed by atoms with E-state index in [4.69, 9.17) is 0 Å². The Bertz CT molecular complexity index is 757. The molecule has 1 aromatic heterocycles. The third kappa shape index (κ3) is 6.32. The third-order valence-corrected chi connectivity index (χ3v) is 6.47. The summed E-state index contributed by atoms with van der Waals surface area (Å²) >= 11 is 3.03. The van der Waals surface area contributed by atoms with Crippen molar-refractivity contribution in [3.8, 4) is 0 Å². The number of nitrogens with one attached hydrogen (secondary N) is 2. The first-order chi connectivity index (χ1) is 13.0. The zero-order valence-corrected chi connectivity index (χ0v) is 17.7. The summed E-state index contributed by atoms with van der Waals surface area (Å²) in [6, 6.07) is 6.85. The average Bonchev–Trinajstić information content (AvgIpc) is 3.09. The summed E-state index contributed by atoms with van der Waals surface area (Å²) in [5.41, 5.74) is 1.19. The third-order valence-electron chi connectivity index (χ3n) is 4.27. The quantitative estimate of drug-likeness (QED) is 0.449. The number of rotatable bonds is 9. The van der Waals surface area contributed by atoms with Crippen molar-refractivity contribution in [1.29, 1.82) is 0 Å². The van der Waals surface area contributed by atoms with Gasteiger partial charge in [0.2, 0.25) is 11.0 Å². The van der Waals surface area contributed by atoms with E-state index in [9.17, 15) is 9.59 Å². The lowest BCUT2D eigenvalue weighted by molar-refractivity contribution is -0.120. The Balaban J connectivity index is 1.94. The van der Waals surface area contributed by atoms with Gasteiger partial charge >= 0.3 is 0 Å². The summed E-state index contributed by atoms with van der Waals surface area (Å²) in [5, 5.41) is 14.7. The maximum absolute atomic E-state index is 12.4. The van der Waals surface area contributed by atoms with Gasteiger partial charge in [0.15, 0.2) is 4.34 Å². The molecule has 0 bridgehead atoms. The molecule has 0 aliphatic carbocycles. The van der Waals surface area contributed by atoms with Crippen molar-refractivity contribution in [3.63, 3.8) is 0 Å². The second kappa shape index (κ2) is 10.4. The molecule has 0 fully saturated rings. The Morgan fingerprint density at radius 3 is 2.30 bits per heavy atom. The SMILES string of the molecule is CCC(C)Sc1nnc(NC(=O)c2ccc(NC(=O)C(CC)CC)cc2)s1. The van der Waals surface area contributed by atoms with Crippen molar-refractivity contribution in [2.45, 2.75) is 56.5 Å². The number of hydrogen-bond donors (Lipinski definition) is 2. The minimum Gasteiger partial charge on any atom is -0.326 e. The van der Waals surface area contributed by atoms with Crippen molar-refractivity contribution >= 4 is 45.7 Å². The molecule has 0 aliphatic rings. The molecule has 1 unspecified atom stereocenters. The molecule has 0 radical (unpaired) electrons. The highest BCUT2D eigenvalue weighted by molar-refractivity contribution is 8.01. The highest BCUT2D eigenvalue weighted by atomic mass is 32.2. The molecular weight excluding hydrogens is 380 g/mol. The van der Waals surface area contributed by atoms with Crippen LogP contribution in [0.3, 0.4) is 0 Å². The van der Waals surface area contributed by atoms with Gasteiger partial charge in [-0.3, -0.25) is 14.9 Å². The lowest BCUT2D eigenvalue weighted by Gasteiger charge is -2.12. The molecule has 0 aliphatic heterocycles. The molecule has 1 heterocycles. The highest BCUT2D eigenvalue weighted by Crippen LogP contribution is 2.30. The van der Waals surface area contributed by atoms with Crippen LogP contribution in [0.4, 0.5) is 10.8 Å². The molecule has 8 heteroatoms. The molecule has 6 nitrogen and oxygen atoms in total. The van der Waals surface area contributed by atoms with Crippen molar-refractivity contribution in [2.24, 2.45) is 5.92 Å². The zero-order valence-electron chi connectivity index (χ0n) is 16.1. The first-order valence-electron chi connectivity index (χ1n) is 9.19. The van der Waals surface area contributed by atoms with Crippen molar-refractivity contribution in [1.82, 2.24) is 10.2 Å². The first-order valence-corrected chi connectivity index (χ1v) is 10.9. The fraction of sp³-hybridized carbons (Fsp3) is 0.474. The first kappa shape index (κ1) is 21.4. The zero-order chi connectivity index (χ0) is 19.8. The summed E-state index contributed by atoms with van der Waals surface area (Å²) < 4.78 is 0.846. The molecule has 2 amide bonds. The van der Waals surface area contributed by atoms with Crippen LogP contribution in [0, 0.1) is 5.92 Å². The monoisotopic (exact) mass is 406 g/mol. The number of benzene rings is 1. The Hall–Kier alpha value is -1.93. The lowest BCUT2D eigenvalue weighted by atomic mass is 10.0. The summed E-state index contributed by atoms with van der Waals surface area (Å²) in [4.78, 5) is 24.5. The van der Waals surface area contributed by atoms with E-state index in [1.165, 1.54) is 11.3 Å². The molecule has 0 spiro atoms. The predicted octanol–water partition coefficient (Wildman–Crippen LogP) is 5.06. The average molecular weight is 407 g/mol. The van der Waals surface area contributed by atoms with Gasteiger partial charge in [-0.2, -0.15) is 0 Å². The van der Waals surface area contributed by atoms with E-state index in [-0.39, 0.29) is 17.7 Å². The van der Waals surface area contributed by atoms with Gasteiger partial charge in [-0.25, -0.2) is 0 Å². The van der Waals surface area contributed by atoms with Gasteiger partial charge in [0, 0.05) is 22.4 Å². The van der Waals surface area contributed by atoms with Gasteiger partial charge in [0.25, 0.3) is 5.91 Å². The van der Waals surface area contributed by atoms with E-state index >= 15 is 0 Å². The van der Waals surface area contributed by atoms with E-state index in [1.54, 1.807) is 36.0 Å². The minimum atomic E-state index is -0.246. The number of hydrogen-bond acceptors (Lipinski definition) is 6. The molecule has 0 saturated carbocycles. The van der Waals surface area contributed by atoms with Crippen LogP contribution in [0.15, 0.2) is 28.6 Å². The number of anilines is 2. The Kier molecular flexibility index (Phi) is 8.24. The topological polar surface area (TPSA) is 84.0 Å². The summed E-state index contributed by atoms with van der Waals surface area (Å²) in [6.07, 6.45) is 2.66. The summed E-state index contributed by atoms with van der Waals surface area (Å²) in [7, 11) is 0. The van der Waals surface area contributed by atoms with Gasteiger partial charge in [0.1, 0.15) is 0 Å². The Labute approximate surface area is 168 Å². The van der Waals surface area contributed by atoms with Crippen LogP contribution in [0.25, 0.3) is 0 Å². The van der Waals surface area contributed by atoms with Crippen LogP contribution in [0.5, 0.6) is 0 Å². The van der Waals surface area contributed by atoms with Crippen LogP contribution >= 0.6 is 23.1 Å². The smallest absolute Gasteiger partial charge is 0.257 e. The molecular formula is C19H26N4O2S2. The molecule has 1 aromatic carbocycles. The van der Waals surface area contributed by atoms with E-state index in [2.05, 4.69) is 34.7 Å². The molecule has 27 heavy (non-hydrogen) atoms. The fourth-order valence-electron chi connectivity index (χ4n) is 2.34. The normalized spacial score (nSPS) is 12.0. The summed E-state index contributed by atoms with van der Waals surface area (Å²) in [5.74, 6) is -0.227. The Morgan fingerprint density at radius 1 is 1.04 bits per heavy atom. The highest BCUT2D eigenvalue weighted by Gasteiger charge is 2.15. The van der Waals surface area contributed by atoms with Gasteiger partial charge in [0.05, 0.1) is 0 Å². The van der Waals surface area contributed by atoms with E-state index in [0.717, 1.165) is 23.6 Å². The molecule has 2 aromatic rings. The Morgan fingerprint density at radius 2 is 1.70 bits per heavy atom. The summed E-state index contributed by atoms with van der Waals surface area (Å²) in [6.45, 7) is 8.26. The van der Waals surface area contributed by atoms with E-state index in [0.29, 0.717) is 21.6 Å². The van der Waals surface area contributed by atoms with Crippen molar-refractivity contribution in [3.05, 3.63) is 29.8 Å². The van der Waals surface area contributed by atoms with Gasteiger partial charge in [-0.15, -0.1) is 10.2 Å².